The summed E-state index contributed by atoms with van der Waals surface area (Å²) in [4.78, 5) is 33.2. The summed E-state index contributed by atoms with van der Waals surface area (Å²) in [6, 6.07) is 8.81. The largest absolute Gasteiger partial charge is 0.497 e. The number of halogens is 4. The smallest absolute Gasteiger partial charge is 0.387 e. The molecule has 0 bridgehead atoms. The molecule has 5 rings (SSSR count). The van der Waals surface area contributed by atoms with Gasteiger partial charge in [0.2, 0.25) is 0 Å². The minimum absolute atomic E-state index is 0.0231. The summed E-state index contributed by atoms with van der Waals surface area (Å²) in [7, 11) is 2.76. The van der Waals surface area contributed by atoms with E-state index < -0.39 is 47.6 Å². The first kappa shape index (κ1) is 30.1. The number of piperidine rings is 1. The number of anilines is 1. The Balaban J connectivity index is 1.50. The van der Waals surface area contributed by atoms with Gasteiger partial charge in [0.15, 0.2) is 0 Å². The predicted octanol–water partition coefficient (Wildman–Crippen LogP) is 4.37. The summed E-state index contributed by atoms with van der Waals surface area (Å²) in [6.45, 7) is -1.62. The molecule has 2 fully saturated rings. The van der Waals surface area contributed by atoms with Crippen LogP contribution in [0.25, 0.3) is 0 Å². The molecule has 43 heavy (non-hydrogen) atoms. The maximum absolute atomic E-state index is 15.3. The van der Waals surface area contributed by atoms with E-state index in [1.165, 1.54) is 43.4 Å². The summed E-state index contributed by atoms with van der Waals surface area (Å²) in [6.07, 6.45) is 1.66. The molecular weight excluding hydrogens is 572 g/mol. The maximum atomic E-state index is 15.3. The second-order valence-corrected chi connectivity index (χ2v) is 10.2. The SMILES string of the molecule is COc1cc(C2CCNCC2)nc(N2C[C@@H](c3c(F)cc(OC)cc3F)[C@H](NC(=O)c3ccc(OC(F)F)cc3)C2=O)c1. The third kappa shape index (κ3) is 6.51. The van der Waals surface area contributed by atoms with E-state index >= 15 is 8.78 Å². The number of nitrogens with one attached hydrogen (secondary N) is 2. The van der Waals surface area contributed by atoms with E-state index in [4.69, 9.17) is 14.5 Å². The topological polar surface area (TPSA) is 102 Å². The normalized spacial score (nSPS) is 19.0. The van der Waals surface area contributed by atoms with Crippen LogP contribution in [-0.2, 0) is 4.79 Å². The van der Waals surface area contributed by atoms with E-state index in [1.807, 2.05) is 0 Å². The van der Waals surface area contributed by atoms with Gasteiger partial charge in [0, 0.05) is 59.5 Å². The highest BCUT2D eigenvalue weighted by atomic mass is 19.3. The fourth-order valence-corrected chi connectivity index (χ4v) is 5.50. The van der Waals surface area contributed by atoms with Crippen LogP contribution < -0.4 is 29.7 Å². The number of pyridine rings is 1. The zero-order valence-electron chi connectivity index (χ0n) is 23.4. The van der Waals surface area contributed by atoms with Crippen molar-refractivity contribution in [3.05, 3.63) is 77.0 Å². The zero-order valence-corrected chi connectivity index (χ0v) is 23.4. The highest BCUT2D eigenvalue weighted by Gasteiger charge is 2.46. The van der Waals surface area contributed by atoms with Crippen LogP contribution in [0.15, 0.2) is 48.5 Å². The molecule has 13 heteroatoms. The molecule has 2 aromatic carbocycles. The average Bonchev–Trinajstić information content (AvgIpc) is 3.31. The first-order valence-corrected chi connectivity index (χ1v) is 13.6. The van der Waals surface area contributed by atoms with Gasteiger partial charge in [-0.3, -0.25) is 14.5 Å². The van der Waals surface area contributed by atoms with Crippen molar-refractivity contribution in [1.29, 1.82) is 0 Å². The van der Waals surface area contributed by atoms with E-state index in [1.54, 1.807) is 12.1 Å². The molecule has 1 aromatic heterocycles. The second-order valence-electron chi connectivity index (χ2n) is 10.2. The molecule has 0 aliphatic carbocycles. The molecule has 228 valence electrons. The van der Waals surface area contributed by atoms with Crippen molar-refractivity contribution >= 4 is 17.6 Å². The Morgan fingerprint density at radius 2 is 1.60 bits per heavy atom. The lowest BCUT2D eigenvalue weighted by molar-refractivity contribution is -0.118. The van der Waals surface area contributed by atoms with Crippen LogP contribution >= 0.6 is 0 Å². The molecule has 2 amide bonds. The van der Waals surface area contributed by atoms with E-state index in [0.29, 0.717) is 5.75 Å². The number of hydrogen-bond acceptors (Lipinski definition) is 7. The standard InChI is InChI=1S/C30H30F4N4O5/c1-41-19-11-22(31)26(23(32)12-19)21-15-38(25-14-20(42-2)13-24(36-25)16-7-9-35-10-8-16)29(40)27(21)37-28(39)17-3-5-18(6-4-17)43-30(33)34/h3-6,11-14,16,21,27,30,35H,7-10,15H2,1-2H3,(H,37,39)/t21-,27-/m0/s1. The Morgan fingerprint density at radius 3 is 2.21 bits per heavy atom. The monoisotopic (exact) mass is 602 g/mol. The zero-order chi connectivity index (χ0) is 30.7. The van der Waals surface area contributed by atoms with Crippen LogP contribution in [-0.4, -0.2) is 63.3 Å². The summed E-state index contributed by atoms with van der Waals surface area (Å²) in [5.74, 6) is -3.84. The van der Waals surface area contributed by atoms with Gasteiger partial charge in [-0.25, -0.2) is 13.8 Å². The Hall–Kier alpha value is -4.39. The summed E-state index contributed by atoms with van der Waals surface area (Å²) < 4.78 is 70.5. The molecule has 0 unspecified atom stereocenters. The van der Waals surface area contributed by atoms with E-state index in [2.05, 4.69) is 15.4 Å². The second kappa shape index (κ2) is 12.9. The van der Waals surface area contributed by atoms with Gasteiger partial charge in [-0.05, 0) is 50.2 Å². The van der Waals surface area contributed by atoms with Crippen molar-refractivity contribution in [3.63, 3.8) is 0 Å². The van der Waals surface area contributed by atoms with Crippen LogP contribution in [0.5, 0.6) is 17.2 Å². The summed E-state index contributed by atoms with van der Waals surface area (Å²) in [5.41, 5.74) is 0.347. The van der Waals surface area contributed by atoms with Crippen LogP contribution in [0.4, 0.5) is 23.4 Å². The number of alkyl halides is 2. The third-order valence-corrected chi connectivity index (χ3v) is 7.68. The van der Waals surface area contributed by atoms with Crippen LogP contribution in [0.1, 0.15) is 46.3 Å². The van der Waals surface area contributed by atoms with Crippen molar-refractivity contribution in [3.8, 4) is 17.2 Å². The minimum atomic E-state index is -3.04. The lowest BCUT2D eigenvalue weighted by atomic mass is 9.92. The van der Waals surface area contributed by atoms with Gasteiger partial charge in [0.25, 0.3) is 11.8 Å². The summed E-state index contributed by atoms with van der Waals surface area (Å²) >= 11 is 0. The van der Waals surface area contributed by atoms with Crippen LogP contribution in [0.3, 0.4) is 0 Å². The number of carbonyl (C=O) groups excluding carboxylic acids is 2. The van der Waals surface area contributed by atoms with Crippen molar-refractivity contribution in [2.75, 3.05) is 38.8 Å². The number of methoxy groups -OCH3 is 2. The predicted molar refractivity (Wildman–Crippen MR) is 148 cm³/mol. The molecule has 2 aliphatic heterocycles. The fourth-order valence-electron chi connectivity index (χ4n) is 5.50. The Bertz CT molecular complexity index is 1460. The van der Waals surface area contributed by atoms with Crippen LogP contribution in [0.2, 0.25) is 0 Å². The molecule has 0 saturated carbocycles. The number of carbonyl (C=O) groups is 2. The van der Waals surface area contributed by atoms with Crippen molar-refractivity contribution in [1.82, 2.24) is 15.6 Å². The summed E-state index contributed by atoms with van der Waals surface area (Å²) in [5, 5.41) is 5.89. The van der Waals surface area contributed by atoms with Gasteiger partial charge < -0.3 is 24.8 Å². The Kier molecular flexibility index (Phi) is 9.00. The van der Waals surface area contributed by atoms with Crippen molar-refractivity contribution < 1.29 is 41.4 Å². The van der Waals surface area contributed by atoms with Gasteiger partial charge in [0.1, 0.15) is 40.7 Å². The number of amides is 2. The van der Waals surface area contributed by atoms with Gasteiger partial charge in [-0.2, -0.15) is 8.78 Å². The van der Waals surface area contributed by atoms with E-state index in [-0.39, 0.29) is 35.3 Å². The average molecular weight is 603 g/mol. The van der Waals surface area contributed by atoms with Gasteiger partial charge in [-0.15, -0.1) is 0 Å². The van der Waals surface area contributed by atoms with Gasteiger partial charge in [-0.1, -0.05) is 0 Å². The molecular formula is C30H30F4N4O5. The fraction of sp³-hybridized carbons (Fsp3) is 0.367. The number of benzene rings is 2. The lowest BCUT2D eigenvalue weighted by Gasteiger charge is -2.24. The number of nitrogens with zero attached hydrogens (tertiary/aromatic N) is 2. The molecule has 2 saturated heterocycles. The molecule has 3 heterocycles. The molecule has 2 aliphatic rings. The first-order valence-electron chi connectivity index (χ1n) is 13.6. The number of aromatic nitrogens is 1. The minimum Gasteiger partial charge on any atom is -0.497 e. The van der Waals surface area contributed by atoms with E-state index in [0.717, 1.165) is 43.8 Å². The van der Waals surface area contributed by atoms with Crippen LogP contribution in [0, 0.1) is 11.6 Å². The Labute approximate surface area is 245 Å². The molecule has 3 aromatic rings. The quantitative estimate of drug-likeness (QED) is 0.351. The highest BCUT2D eigenvalue weighted by Crippen LogP contribution is 2.38. The first-order chi connectivity index (χ1) is 20.7. The number of rotatable bonds is 9. The Morgan fingerprint density at radius 1 is 0.977 bits per heavy atom. The third-order valence-electron chi connectivity index (χ3n) is 7.68. The highest BCUT2D eigenvalue weighted by molar-refractivity contribution is 6.04. The number of ether oxygens (including phenoxy) is 3. The molecule has 0 spiro atoms. The van der Waals surface area contributed by atoms with Gasteiger partial charge >= 0.3 is 6.61 Å². The van der Waals surface area contributed by atoms with Gasteiger partial charge in [0.05, 0.1) is 14.2 Å². The van der Waals surface area contributed by atoms with Crippen molar-refractivity contribution in [2.24, 2.45) is 0 Å². The molecule has 0 radical (unpaired) electrons. The van der Waals surface area contributed by atoms with Crippen molar-refractivity contribution in [2.45, 2.75) is 37.3 Å². The number of hydrogen-bond donors (Lipinski definition) is 2. The molecule has 2 atom stereocenters. The molecule has 9 nitrogen and oxygen atoms in total. The lowest BCUT2D eigenvalue weighted by Crippen LogP contribution is -2.44. The molecule has 2 N–H and O–H groups in total. The van der Waals surface area contributed by atoms with E-state index in [9.17, 15) is 18.4 Å². The maximum Gasteiger partial charge on any atom is 0.387 e.